The minimum absolute atomic E-state index is 0.0524. The van der Waals surface area contributed by atoms with Crippen LogP contribution >= 0.6 is 0 Å². The monoisotopic (exact) mass is 252 g/mol. The van der Waals surface area contributed by atoms with Crippen LogP contribution < -0.4 is 5.32 Å². The second-order valence-corrected chi connectivity index (χ2v) is 3.84. The van der Waals surface area contributed by atoms with Crippen LogP contribution in [0.4, 0.5) is 5.82 Å². The standard InChI is InChI=1S/C12H20N4O2/c1-3-7-13-11-6-5-10(14-15-11)12(18)16(4-2)8-9-17/h5-6,17H,3-4,7-9H2,1-2H3,(H,13,15). The molecule has 2 N–H and O–H groups in total. The molecule has 0 aliphatic heterocycles. The molecule has 1 aromatic rings. The van der Waals surface area contributed by atoms with Gasteiger partial charge in [-0.15, -0.1) is 10.2 Å². The summed E-state index contributed by atoms with van der Waals surface area (Å²) >= 11 is 0. The quantitative estimate of drug-likeness (QED) is 0.749. The molecule has 0 unspecified atom stereocenters. The van der Waals surface area contributed by atoms with Crippen molar-refractivity contribution in [3.05, 3.63) is 17.8 Å². The maximum Gasteiger partial charge on any atom is 0.274 e. The molecule has 6 heteroatoms. The number of aromatic nitrogens is 2. The second-order valence-electron chi connectivity index (χ2n) is 3.84. The average molecular weight is 252 g/mol. The van der Waals surface area contributed by atoms with Gasteiger partial charge in [0.15, 0.2) is 5.69 Å². The van der Waals surface area contributed by atoms with Crippen LogP contribution in [-0.2, 0) is 0 Å². The van der Waals surface area contributed by atoms with Gasteiger partial charge in [0.1, 0.15) is 5.82 Å². The molecule has 0 aromatic carbocycles. The number of rotatable bonds is 7. The van der Waals surface area contributed by atoms with E-state index in [1.165, 1.54) is 4.90 Å². The molecule has 18 heavy (non-hydrogen) atoms. The van der Waals surface area contributed by atoms with Gasteiger partial charge in [0.2, 0.25) is 0 Å². The van der Waals surface area contributed by atoms with E-state index in [-0.39, 0.29) is 12.5 Å². The lowest BCUT2D eigenvalue weighted by atomic mass is 10.3. The number of hydrogen-bond donors (Lipinski definition) is 2. The fourth-order valence-electron chi connectivity index (χ4n) is 1.48. The highest BCUT2D eigenvalue weighted by Crippen LogP contribution is 2.05. The normalized spacial score (nSPS) is 10.2. The number of anilines is 1. The number of hydrogen-bond acceptors (Lipinski definition) is 5. The summed E-state index contributed by atoms with van der Waals surface area (Å²) < 4.78 is 0. The van der Waals surface area contributed by atoms with Crippen LogP contribution in [0, 0.1) is 0 Å². The third-order valence-corrected chi connectivity index (χ3v) is 2.48. The molecule has 0 spiro atoms. The van der Waals surface area contributed by atoms with Crippen molar-refractivity contribution in [3.8, 4) is 0 Å². The second kappa shape index (κ2) is 7.60. The van der Waals surface area contributed by atoms with Gasteiger partial charge < -0.3 is 15.3 Å². The lowest BCUT2D eigenvalue weighted by Crippen LogP contribution is -2.34. The summed E-state index contributed by atoms with van der Waals surface area (Å²) in [5.74, 6) is 0.458. The van der Waals surface area contributed by atoms with E-state index in [1.807, 2.05) is 6.92 Å². The molecule has 1 rings (SSSR count). The van der Waals surface area contributed by atoms with Crippen LogP contribution in [-0.4, -0.2) is 52.4 Å². The van der Waals surface area contributed by atoms with Gasteiger partial charge in [-0.2, -0.15) is 0 Å². The van der Waals surface area contributed by atoms with Gasteiger partial charge in [0.25, 0.3) is 5.91 Å². The van der Waals surface area contributed by atoms with E-state index in [2.05, 4.69) is 22.4 Å². The topological polar surface area (TPSA) is 78.4 Å². The van der Waals surface area contributed by atoms with Gasteiger partial charge >= 0.3 is 0 Å². The van der Waals surface area contributed by atoms with E-state index in [0.717, 1.165) is 13.0 Å². The largest absolute Gasteiger partial charge is 0.395 e. The Morgan fingerprint density at radius 1 is 1.39 bits per heavy atom. The molecule has 100 valence electrons. The van der Waals surface area contributed by atoms with Gasteiger partial charge in [0.05, 0.1) is 6.61 Å². The highest BCUT2D eigenvalue weighted by molar-refractivity contribution is 5.92. The summed E-state index contributed by atoms with van der Waals surface area (Å²) in [6.45, 7) is 5.55. The maximum atomic E-state index is 12.0. The highest BCUT2D eigenvalue weighted by atomic mass is 16.3. The van der Waals surface area contributed by atoms with Crippen LogP contribution in [0.25, 0.3) is 0 Å². The summed E-state index contributed by atoms with van der Waals surface area (Å²) in [6.07, 6.45) is 1.00. The first-order valence-corrected chi connectivity index (χ1v) is 6.20. The van der Waals surface area contributed by atoms with E-state index < -0.39 is 0 Å². The van der Waals surface area contributed by atoms with Gasteiger partial charge in [-0.05, 0) is 25.5 Å². The Morgan fingerprint density at radius 2 is 2.17 bits per heavy atom. The number of aliphatic hydroxyl groups is 1. The zero-order chi connectivity index (χ0) is 13.4. The molecule has 0 atom stereocenters. The Labute approximate surface area is 107 Å². The molecule has 0 aliphatic rings. The smallest absolute Gasteiger partial charge is 0.274 e. The first-order valence-electron chi connectivity index (χ1n) is 6.20. The number of likely N-dealkylation sites (N-methyl/N-ethyl adjacent to an activating group) is 1. The molecule has 0 saturated heterocycles. The number of nitrogens with zero attached hydrogens (tertiary/aromatic N) is 3. The van der Waals surface area contributed by atoms with E-state index in [0.29, 0.717) is 24.6 Å². The van der Waals surface area contributed by atoms with Crippen molar-refractivity contribution in [2.24, 2.45) is 0 Å². The van der Waals surface area contributed by atoms with Crippen molar-refractivity contribution in [1.29, 1.82) is 0 Å². The number of carbonyl (C=O) groups excluding carboxylic acids is 1. The fraction of sp³-hybridized carbons (Fsp3) is 0.583. The van der Waals surface area contributed by atoms with E-state index in [9.17, 15) is 4.79 Å². The lowest BCUT2D eigenvalue weighted by Gasteiger charge is -2.18. The van der Waals surface area contributed by atoms with Crippen LogP contribution in [0.3, 0.4) is 0 Å². The van der Waals surface area contributed by atoms with Gasteiger partial charge in [-0.1, -0.05) is 6.92 Å². The predicted octanol–water partition coefficient (Wildman–Crippen LogP) is 0.753. The molecule has 1 amide bonds. The van der Waals surface area contributed by atoms with Gasteiger partial charge in [-0.3, -0.25) is 4.79 Å². The van der Waals surface area contributed by atoms with E-state index >= 15 is 0 Å². The average Bonchev–Trinajstić information content (AvgIpc) is 2.42. The Bertz CT molecular complexity index is 367. The number of nitrogens with one attached hydrogen (secondary N) is 1. The number of carbonyl (C=O) groups is 1. The molecule has 1 aromatic heterocycles. The molecule has 1 heterocycles. The number of aliphatic hydroxyl groups excluding tert-OH is 1. The lowest BCUT2D eigenvalue weighted by molar-refractivity contribution is 0.0725. The van der Waals surface area contributed by atoms with Crippen molar-refractivity contribution in [2.75, 3.05) is 31.6 Å². The van der Waals surface area contributed by atoms with Gasteiger partial charge in [-0.25, -0.2) is 0 Å². The molecule has 0 bridgehead atoms. The summed E-state index contributed by atoms with van der Waals surface area (Å²) in [6, 6.07) is 3.38. The molecule has 0 aliphatic carbocycles. The summed E-state index contributed by atoms with van der Waals surface area (Å²) in [5.41, 5.74) is 0.298. The molecular formula is C12H20N4O2. The summed E-state index contributed by atoms with van der Waals surface area (Å²) in [5, 5.41) is 19.8. The van der Waals surface area contributed by atoms with Crippen molar-refractivity contribution in [2.45, 2.75) is 20.3 Å². The van der Waals surface area contributed by atoms with Crippen LogP contribution in [0.5, 0.6) is 0 Å². The first-order chi connectivity index (χ1) is 8.72. The van der Waals surface area contributed by atoms with Crippen molar-refractivity contribution in [1.82, 2.24) is 15.1 Å². The fourth-order valence-corrected chi connectivity index (χ4v) is 1.48. The van der Waals surface area contributed by atoms with Crippen LogP contribution in [0.15, 0.2) is 12.1 Å². The van der Waals surface area contributed by atoms with Gasteiger partial charge in [0, 0.05) is 19.6 Å². The maximum absolute atomic E-state index is 12.0. The zero-order valence-electron chi connectivity index (χ0n) is 10.9. The highest BCUT2D eigenvalue weighted by Gasteiger charge is 2.15. The predicted molar refractivity (Wildman–Crippen MR) is 69.5 cm³/mol. The Hall–Kier alpha value is -1.69. The van der Waals surface area contributed by atoms with E-state index in [4.69, 9.17) is 5.11 Å². The first kappa shape index (κ1) is 14.4. The molecule has 0 saturated carbocycles. The minimum atomic E-state index is -0.207. The Kier molecular flexibility index (Phi) is 6.07. The Morgan fingerprint density at radius 3 is 2.67 bits per heavy atom. The van der Waals surface area contributed by atoms with Crippen LogP contribution in [0.2, 0.25) is 0 Å². The zero-order valence-corrected chi connectivity index (χ0v) is 10.9. The Balaban J connectivity index is 2.68. The molecule has 6 nitrogen and oxygen atoms in total. The molecule has 0 fully saturated rings. The van der Waals surface area contributed by atoms with E-state index in [1.54, 1.807) is 12.1 Å². The third-order valence-electron chi connectivity index (χ3n) is 2.48. The van der Waals surface area contributed by atoms with Crippen molar-refractivity contribution < 1.29 is 9.90 Å². The number of amides is 1. The minimum Gasteiger partial charge on any atom is -0.395 e. The van der Waals surface area contributed by atoms with Crippen molar-refractivity contribution in [3.63, 3.8) is 0 Å². The summed E-state index contributed by atoms with van der Waals surface area (Å²) in [7, 11) is 0. The molecule has 0 radical (unpaired) electrons. The molecular weight excluding hydrogens is 232 g/mol. The summed E-state index contributed by atoms with van der Waals surface area (Å²) in [4.78, 5) is 13.5. The van der Waals surface area contributed by atoms with Crippen molar-refractivity contribution >= 4 is 11.7 Å². The SMILES string of the molecule is CCCNc1ccc(C(=O)N(CC)CCO)nn1. The third kappa shape index (κ3) is 3.96. The van der Waals surface area contributed by atoms with Crippen LogP contribution in [0.1, 0.15) is 30.8 Å².